The molecule has 0 radical (unpaired) electrons. The van der Waals surface area contributed by atoms with E-state index in [2.05, 4.69) is 22.0 Å². The Labute approximate surface area is 112 Å². The van der Waals surface area contributed by atoms with Crippen molar-refractivity contribution in [3.63, 3.8) is 0 Å². The van der Waals surface area contributed by atoms with Crippen molar-refractivity contribution in [3.05, 3.63) is 46.6 Å². The van der Waals surface area contributed by atoms with Gasteiger partial charge >= 0.3 is 0 Å². The lowest BCUT2D eigenvalue weighted by Crippen LogP contribution is -2.22. The van der Waals surface area contributed by atoms with Crippen LogP contribution in [0, 0.1) is 6.92 Å². The van der Waals surface area contributed by atoms with Crippen LogP contribution in [0.25, 0.3) is 0 Å². The Hall–Kier alpha value is -1.39. The molecule has 0 aliphatic heterocycles. The quantitative estimate of drug-likeness (QED) is 0.851. The molecule has 0 saturated heterocycles. The van der Waals surface area contributed by atoms with E-state index in [1.165, 1.54) is 5.56 Å². The summed E-state index contributed by atoms with van der Waals surface area (Å²) in [5.41, 5.74) is 1.21. The summed E-state index contributed by atoms with van der Waals surface area (Å²) in [5, 5.41) is 8.57. The molecule has 0 aliphatic rings. The van der Waals surface area contributed by atoms with Crippen molar-refractivity contribution < 1.29 is 4.42 Å². The molecule has 5 heteroatoms. The third-order valence-electron chi connectivity index (χ3n) is 2.97. The number of rotatable bonds is 4. The number of hydrogen-bond donors (Lipinski definition) is 0. The van der Waals surface area contributed by atoms with Crippen molar-refractivity contribution in [2.24, 2.45) is 0 Å². The Kier molecular flexibility index (Phi) is 3.99. The molecule has 1 heterocycles. The van der Waals surface area contributed by atoms with Crippen LogP contribution in [0.15, 0.2) is 28.7 Å². The number of halogens is 1. The zero-order valence-electron chi connectivity index (χ0n) is 10.7. The second-order valence-corrected chi connectivity index (χ2v) is 4.79. The molecule has 96 valence electrons. The van der Waals surface area contributed by atoms with Gasteiger partial charge in [0, 0.05) is 18.0 Å². The summed E-state index contributed by atoms with van der Waals surface area (Å²) in [6.45, 7) is 4.55. The average molecular weight is 266 g/mol. The summed E-state index contributed by atoms with van der Waals surface area (Å²) >= 11 is 5.88. The predicted molar refractivity (Wildman–Crippen MR) is 70.4 cm³/mol. The molecular formula is C13H16ClN3O. The van der Waals surface area contributed by atoms with Crippen molar-refractivity contribution in [2.75, 3.05) is 7.05 Å². The van der Waals surface area contributed by atoms with E-state index in [1.807, 2.05) is 31.3 Å². The van der Waals surface area contributed by atoms with Gasteiger partial charge in [0.15, 0.2) is 0 Å². The second kappa shape index (κ2) is 5.50. The minimum atomic E-state index is 0.259. The molecule has 0 fully saturated rings. The van der Waals surface area contributed by atoms with Crippen LogP contribution in [0.2, 0.25) is 5.02 Å². The third kappa shape index (κ3) is 3.09. The van der Waals surface area contributed by atoms with Crippen LogP contribution >= 0.6 is 11.6 Å². The summed E-state index contributed by atoms with van der Waals surface area (Å²) in [4.78, 5) is 2.15. The minimum absolute atomic E-state index is 0.259. The zero-order chi connectivity index (χ0) is 13.1. The maximum Gasteiger partial charge on any atom is 0.230 e. The fourth-order valence-corrected chi connectivity index (χ4v) is 1.87. The van der Waals surface area contributed by atoms with Crippen LogP contribution in [0.1, 0.15) is 30.3 Å². The number of hydrogen-bond acceptors (Lipinski definition) is 4. The topological polar surface area (TPSA) is 42.2 Å². The Morgan fingerprint density at radius 3 is 2.50 bits per heavy atom. The first-order valence-electron chi connectivity index (χ1n) is 5.81. The van der Waals surface area contributed by atoms with Crippen LogP contribution in [-0.2, 0) is 6.54 Å². The van der Waals surface area contributed by atoms with Gasteiger partial charge in [-0.2, -0.15) is 0 Å². The highest BCUT2D eigenvalue weighted by atomic mass is 35.5. The van der Waals surface area contributed by atoms with E-state index in [0.29, 0.717) is 18.3 Å². The maximum atomic E-state index is 5.88. The standard InChI is InChI=1S/C13H16ClN3O/c1-9(11-4-6-12(14)7-5-11)17(3)8-13-16-15-10(2)18-13/h4-7,9H,8H2,1-3H3/t9-/m1/s1. The van der Waals surface area contributed by atoms with Gasteiger partial charge in [-0.15, -0.1) is 10.2 Å². The molecule has 1 aromatic heterocycles. The van der Waals surface area contributed by atoms with Crippen molar-refractivity contribution in [1.29, 1.82) is 0 Å². The summed E-state index contributed by atoms with van der Waals surface area (Å²) in [6, 6.07) is 8.12. The van der Waals surface area contributed by atoms with Crippen LogP contribution < -0.4 is 0 Å². The molecule has 0 spiro atoms. The molecule has 4 nitrogen and oxygen atoms in total. The monoisotopic (exact) mass is 265 g/mol. The highest BCUT2D eigenvalue weighted by molar-refractivity contribution is 6.30. The largest absolute Gasteiger partial charge is 0.424 e. The summed E-state index contributed by atoms with van der Waals surface area (Å²) < 4.78 is 5.37. The predicted octanol–water partition coefficient (Wildman–Crippen LogP) is 3.22. The summed E-state index contributed by atoms with van der Waals surface area (Å²) in [5.74, 6) is 1.23. The molecule has 18 heavy (non-hydrogen) atoms. The van der Waals surface area contributed by atoms with E-state index in [9.17, 15) is 0 Å². The van der Waals surface area contributed by atoms with Gasteiger partial charge in [-0.1, -0.05) is 23.7 Å². The lowest BCUT2D eigenvalue weighted by atomic mass is 10.1. The van der Waals surface area contributed by atoms with Gasteiger partial charge < -0.3 is 4.42 Å². The zero-order valence-corrected chi connectivity index (χ0v) is 11.5. The van der Waals surface area contributed by atoms with Gasteiger partial charge in [0.05, 0.1) is 6.54 Å². The normalized spacial score (nSPS) is 12.9. The third-order valence-corrected chi connectivity index (χ3v) is 3.22. The van der Waals surface area contributed by atoms with E-state index >= 15 is 0 Å². The molecule has 1 aromatic carbocycles. The van der Waals surface area contributed by atoms with Gasteiger partial charge in [-0.25, -0.2) is 0 Å². The molecule has 1 atom stereocenters. The van der Waals surface area contributed by atoms with Crippen molar-refractivity contribution in [1.82, 2.24) is 15.1 Å². The Bertz CT molecular complexity index is 509. The van der Waals surface area contributed by atoms with E-state index in [4.69, 9.17) is 16.0 Å². The fraction of sp³-hybridized carbons (Fsp3) is 0.385. The van der Waals surface area contributed by atoms with Gasteiger partial charge in [-0.3, -0.25) is 4.90 Å². The van der Waals surface area contributed by atoms with E-state index < -0.39 is 0 Å². The fourth-order valence-electron chi connectivity index (χ4n) is 1.75. The minimum Gasteiger partial charge on any atom is -0.424 e. The van der Waals surface area contributed by atoms with Crippen LogP contribution in [-0.4, -0.2) is 22.1 Å². The molecule has 0 bridgehead atoms. The van der Waals surface area contributed by atoms with Crippen LogP contribution in [0.4, 0.5) is 0 Å². The Morgan fingerprint density at radius 1 is 1.28 bits per heavy atom. The first-order chi connectivity index (χ1) is 8.56. The van der Waals surface area contributed by atoms with Gasteiger partial charge in [0.2, 0.25) is 11.8 Å². The molecule has 2 rings (SSSR count). The lowest BCUT2D eigenvalue weighted by molar-refractivity contribution is 0.226. The number of aromatic nitrogens is 2. The molecule has 0 saturated carbocycles. The summed E-state index contributed by atoms with van der Waals surface area (Å²) in [6.07, 6.45) is 0. The molecule has 0 amide bonds. The van der Waals surface area contributed by atoms with Crippen molar-refractivity contribution in [2.45, 2.75) is 26.4 Å². The van der Waals surface area contributed by atoms with E-state index in [0.717, 1.165) is 5.02 Å². The van der Waals surface area contributed by atoms with Gasteiger partial charge in [0.1, 0.15) is 0 Å². The smallest absolute Gasteiger partial charge is 0.230 e. The number of aryl methyl sites for hydroxylation is 1. The SMILES string of the molecule is Cc1nnc(CN(C)[C@H](C)c2ccc(Cl)cc2)o1. The number of benzene rings is 1. The highest BCUT2D eigenvalue weighted by Crippen LogP contribution is 2.22. The number of nitrogens with zero attached hydrogens (tertiary/aromatic N) is 3. The van der Waals surface area contributed by atoms with Crippen molar-refractivity contribution >= 4 is 11.6 Å². The molecular weight excluding hydrogens is 250 g/mol. The Morgan fingerprint density at radius 2 is 1.94 bits per heavy atom. The summed E-state index contributed by atoms with van der Waals surface area (Å²) in [7, 11) is 2.03. The van der Waals surface area contributed by atoms with E-state index in [1.54, 1.807) is 6.92 Å². The lowest BCUT2D eigenvalue weighted by Gasteiger charge is -2.23. The Balaban J connectivity index is 2.04. The molecule has 0 N–H and O–H groups in total. The first kappa shape index (κ1) is 13.1. The van der Waals surface area contributed by atoms with Gasteiger partial charge in [0.25, 0.3) is 0 Å². The molecule has 0 unspecified atom stereocenters. The average Bonchev–Trinajstić information content (AvgIpc) is 2.75. The van der Waals surface area contributed by atoms with E-state index in [-0.39, 0.29) is 6.04 Å². The van der Waals surface area contributed by atoms with Gasteiger partial charge in [-0.05, 0) is 31.7 Å². The first-order valence-corrected chi connectivity index (χ1v) is 6.18. The van der Waals surface area contributed by atoms with Crippen LogP contribution in [0.3, 0.4) is 0 Å². The molecule has 2 aromatic rings. The second-order valence-electron chi connectivity index (χ2n) is 4.36. The maximum absolute atomic E-state index is 5.88. The molecule has 0 aliphatic carbocycles. The van der Waals surface area contributed by atoms with Crippen molar-refractivity contribution in [3.8, 4) is 0 Å². The van der Waals surface area contributed by atoms with Crippen LogP contribution in [0.5, 0.6) is 0 Å². The highest BCUT2D eigenvalue weighted by Gasteiger charge is 2.14.